The Kier molecular flexibility index (Phi) is 25.3. The van der Waals surface area contributed by atoms with Gasteiger partial charge in [0, 0.05) is 49.3 Å². The predicted molar refractivity (Wildman–Crippen MR) is 274 cm³/mol. The predicted octanol–water partition coefficient (Wildman–Crippen LogP) is 12.3. The molecule has 0 aliphatic heterocycles. The highest BCUT2D eigenvalue weighted by molar-refractivity contribution is 6.12. The van der Waals surface area contributed by atoms with Gasteiger partial charge in [-0.25, -0.2) is 9.18 Å². The molecule has 0 aliphatic rings. The quantitative estimate of drug-likeness (QED) is 0.0229. The van der Waals surface area contributed by atoms with Gasteiger partial charge < -0.3 is 30.7 Å². The van der Waals surface area contributed by atoms with Crippen molar-refractivity contribution in [1.29, 1.82) is 0 Å². The number of aliphatic hydroxyl groups is 1. The number of benzene rings is 3. The molecule has 0 fully saturated rings. The zero-order chi connectivity index (χ0) is 49.8. The van der Waals surface area contributed by atoms with Gasteiger partial charge in [0.05, 0.1) is 23.8 Å². The molecule has 374 valence electrons. The van der Waals surface area contributed by atoms with Gasteiger partial charge in [0.1, 0.15) is 17.6 Å². The van der Waals surface area contributed by atoms with E-state index < -0.39 is 36.3 Å². The number of para-hydroxylation sites is 1. The van der Waals surface area contributed by atoms with Crippen LogP contribution in [0.3, 0.4) is 0 Å². The van der Waals surface area contributed by atoms with Gasteiger partial charge in [-0.15, -0.1) is 0 Å². The van der Waals surface area contributed by atoms with Crippen molar-refractivity contribution < 1.29 is 38.6 Å². The number of hydrogen-bond acceptors (Lipinski definition) is 6. The smallest absolute Gasteiger partial charge is 0.326 e. The minimum absolute atomic E-state index is 0.0192. The summed E-state index contributed by atoms with van der Waals surface area (Å²) in [6, 6.07) is 23.3. The number of carboxylic acid groups (broad SMARTS) is 1. The molecule has 4 rings (SSSR count). The van der Waals surface area contributed by atoms with Crippen molar-refractivity contribution in [3.63, 3.8) is 0 Å². The number of amides is 3. The Morgan fingerprint density at radius 3 is 1.91 bits per heavy atom. The van der Waals surface area contributed by atoms with Gasteiger partial charge in [0.15, 0.2) is 0 Å². The molecule has 3 aromatic carbocycles. The van der Waals surface area contributed by atoms with Gasteiger partial charge in [-0.2, -0.15) is 0 Å². The molecule has 69 heavy (non-hydrogen) atoms. The highest BCUT2D eigenvalue weighted by Gasteiger charge is 2.31. The Bertz CT molecular complexity index is 2210. The first-order valence-electron chi connectivity index (χ1n) is 25.5. The molecule has 1 heterocycles. The summed E-state index contributed by atoms with van der Waals surface area (Å²) in [6.45, 7) is 6.69. The summed E-state index contributed by atoms with van der Waals surface area (Å²) in [5.74, 6) is -3.22. The van der Waals surface area contributed by atoms with Crippen molar-refractivity contribution in [2.24, 2.45) is 0 Å². The standard InChI is InChI=1S/C57H77FN4O7/c1-4-5-6-7-8-9-10-11-12-13-14-15-16-17-24-32-50(65)59-38-26-25-31-49(57(68)69)61-51(66)41-48(64)40-47(63)37-39-62-54(42(2)3)53(56(67)60-46-29-22-19-23-30-46)52(43-27-20-18-21-28-43)55(62)44-33-35-45(58)36-34-44/h11-12,18-23,27-30,33-36,42,48-49,64H,4-10,13-17,24-26,31-32,37-41H2,1-3H3,(H,59,65)(H,60,67)(H,61,66)(H,68,69)/b12-11-/t48-,49?/m1/s1. The average molecular weight is 949 g/mol. The van der Waals surface area contributed by atoms with E-state index >= 15 is 0 Å². The number of anilines is 1. The second-order valence-electron chi connectivity index (χ2n) is 18.5. The van der Waals surface area contributed by atoms with Crippen molar-refractivity contribution in [2.75, 3.05) is 11.9 Å². The molecule has 0 bridgehead atoms. The molecule has 0 aliphatic carbocycles. The van der Waals surface area contributed by atoms with Crippen LogP contribution in [0.2, 0.25) is 0 Å². The minimum atomic E-state index is -1.36. The summed E-state index contributed by atoms with van der Waals surface area (Å²) in [5, 5.41) is 29.1. The molecule has 0 saturated heterocycles. The Balaban J connectivity index is 1.24. The maximum absolute atomic E-state index is 14.3. The molecule has 12 heteroatoms. The third kappa shape index (κ3) is 19.9. The Hall–Kier alpha value is -5.88. The summed E-state index contributed by atoms with van der Waals surface area (Å²) in [5.41, 5.74) is 4.36. The lowest BCUT2D eigenvalue weighted by Gasteiger charge is -2.18. The van der Waals surface area contributed by atoms with Crippen LogP contribution in [0.4, 0.5) is 10.1 Å². The molecule has 2 atom stereocenters. The van der Waals surface area contributed by atoms with E-state index in [9.17, 15) is 38.6 Å². The number of Topliss-reactive ketones (excluding diaryl/α,β-unsaturated/α-hetero) is 1. The molecule has 1 aromatic heterocycles. The van der Waals surface area contributed by atoms with Crippen LogP contribution in [-0.4, -0.2) is 62.9 Å². The van der Waals surface area contributed by atoms with Crippen LogP contribution in [0, 0.1) is 5.82 Å². The number of carbonyl (C=O) groups excluding carboxylic acids is 4. The van der Waals surface area contributed by atoms with Crippen LogP contribution < -0.4 is 16.0 Å². The van der Waals surface area contributed by atoms with Gasteiger partial charge in [0.2, 0.25) is 11.8 Å². The normalized spacial score (nSPS) is 12.3. The minimum Gasteiger partial charge on any atom is -0.480 e. The number of nitrogens with one attached hydrogen (secondary N) is 3. The molecule has 0 saturated carbocycles. The highest BCUT2D eigenvalue weighted by Crippen LogP contribution is 2.42. The number of carboxylic acids is 1. The molecule has 4 aromatic rings. The number of nitrogens with zero attached hydrogens (tertiary/aromatic N) is 1. The summed E-state index contributed by atoms with van der Waals surface area (Å²) in [6.07, 6.45) is 19.5. The van der Waals surface area contributed by atoms with Crippen LogP contribution in [0.5, 0.6) is 0 Å². The summed E-state index contributed by atoms with van der Waals surface area (Å²) in [4.78, 5) is 65.2. The lowest BCUT2D eigenvalue weighted by Crippen LogP contribution is -2.42. The van der Waals surface area contributed by atoms with Gasteiger partial charge in [0.25, 0.3) is 5.91 Å². The molecule has 0 radical (unpaired) electrons. The number of halogens is 1. The van der Waals surface area contributed by atoms with E-state index in [4.69, 9.17) is 0 Å². The van der Waals surface area contributed by atoms with E-state index in [0.29, 0.717) is 59.6 Å². The zero-order valence-electron chi connectivity index (χ0n) is 41.3. The SMILES string of the molecule is CCCCCCCC/C=C\CCCCCCCC(=O)NCCCCC(NC(=O)C[C@H](O)CC(=O)CCn1c(-c2ccc(F)cc2)c(-c2ccccc2)c(C(=O)Nc2ccccc2)c1C(C)C)C(=O)O. The maximum atomic E-state index is 14.3. The van der Waals surface area contributed by atoms with Gasteiger partial charge in [-0.05, 0) is 105 Å². The molecule has 0 spiro atoms. The number of unbranched alkanes of at least 4 members (excludes halogenated alkanes) is 12. The summed E-state index contributed by atoms with van der Waals surface area (Å²) >= 11 is 0. The fourth-order valence-corrected chi connectivity index (χ4v) is 8.75. The Morgan fingerprint density at radius 1 is 0.681 bits per heavy atom. The number of aliphatic hydroxyl groups excluding tert-OH is 1. The monoisotopic (exact) mass is 949 g/mol. The largest absolute Gasteiger partial charge is 0.480 e. The third-order valence-corrected chi connectivity index (χ3v) is 12.3. The zero-order valence-corrected chi connectivity index (χ0v) is 41.3. The topological polar surface area (TPSA) is 167 Å². The van der Waals surface area contributed by atoms with E-state index in [-0.39, 0.29) is 49.3 Å². The lowest BCUT2D eigenvalue weighted by atomic mass is 9.94. The van der Waals surface area contributed by atoms with E-state index in [0.717, 1.165) is 37.7 Å². The van der Waals surface area contributed by atoms with Crippen molar-refractivity contribution in [2.45, 2.75) is 174 Å². The summed E-state index contributed by atoms with van der Waals surface area (Å²) < 4.78 is 16.2. The highest BCUT2D eigenvalue weighted by atomic mass is 19.1. The van der Waals surface area contributed by atoms with E-state index in [1.807, 2.05) is 66.9 Å². The van der Waals surface area contributed by atoms with Crippen molar-refractivity contribution in [3.05, 3.63) is 114 Å². The Labute approximate surface area is 409 Å². The number of allylic oxidation sites excluding steroid dienone is 2. The van der Waals surface area contributed by atoms with Crippen molar-refractivity contribution in [1.82, 2.24) is 15.2 Å². The fraction of sp³-hybridized carbons (Fsp3) is 0.491. The van der Waals surface area contributed by atoms with Crippen LogP contribution in [0.25, 0.3) is 22.4 Å². The molecule has 5 N–H and O–H groups in total. The van der Waals surface area contributed by atoms with Gasteiger partial charge in [-0.3, -0.25) is 19.2 Å². The lowest BCUT2D eigenvalue weighted by molar-refractivity contribution is -0.142. The maximum Gasteiger partial charge on any atom is 0.326 e. The second-order valence-corrected chi connectivity index (χ2v) is 18.5. The molecular weight excluding hydrogens is 872 g/mol. The number of hydrogen-bond donors (Lipinski definition) is 5. The van der Waals surface area contributed by atoms with Crippen LogP contribution >= 0.6 is 0 Å². The second kappa shape index (κ2) is 31.3. The first kappa shape index (κ1) is 55.7. The van der Waals surface area contributed by atoms with Crippen LogP contribution in [0.1, 0.15) is 171 Å². The van der Waals surface area contributed by atoms with Gasteiger partial charge >= 0.3 is 5.97 Å². The first-order chi connectivity index (χ1) is 33.4. The van der Waals surface area contributed by atoms with E-state index in [2.05, 4.69) is 35.0 Å². The van der Waals surface area contributed by atoms with Crippen molar-refractivity contribution in [3.8, 4) is 22.4 Å². The average Bonchev–Trinajstić information content (AvgIpc) is 3.68. The van der Waals surface area contributed by atoms with E-state index in [1.54, 1.807) is 24.3 Å². The molecular formula is C57H77FN4O7. The number of rotatable bonds is 34. The molecule has 3 amide bonds. The van der Waals surface area contributed by atoms with Gasteiger partial charge in [-0.1, -0.05) is 133 Å². The van der Waals surface area contributed by atoms with Crippen LogP contribution in [0.15, 0.2) is 97.1 Å². The summed E-state index contributed by atoms with van der Waals surface area (Å²) in [7, 11) is 0. The third-order valence-electron chi connectivity index (χ3n) is 12.3. The van der Waals surface area contributed by atoms with Crippen molar-refractivity contribution >= 4 is 35.2 Å². The molecule has 11 nitrogen and oxygen atoms in total. The number of aliphatic carboxylic acids is 1. The molecule has 1 unspecified atom stereocenters. The number of ketones is 1. The number of carbonyl (C=O) groups is 5. The Morgan fingerprint density at radius 2 is 1.29 bits per heavy atom. The first-order valence-corrected chi connectivity index (χ1v) is 25.5. The van der Waals surface area contributed by atoms with E-state index in [1.165, 1.54) is 63.5 Å². The van der Waals surface area contributed by atoms with Crippen LogP contribution in [-0.2, 0) is 25.7 Å². The number of aromatic nitrogens is 1. The fourth-order valence-electron chi connectivity index (χ4n) is 8.75.